The van der Waals surface area contributed by atoms with Crippen LogP contribution in [-0.2, 0) is 0 Å². The van der Waals surface area contributed by atoms with Gasteiger partial charge in [-0.2, -0.15) is 4.98 Å². The van der Waals surface area contributed by atoms with Crippen LogP contribution in [0.1, 0.15) is 5.89 Å². The Bertz CT molecular complexity index is 912. The third-order valence-corrected chi connectivity index (χ3v) is 3.06. The second-order valence-corrected chi connectivity index (χ2v) is 4.55. The van der Waals surface area contributed by atoms with Gasteiger partial charge in [-0.05, 0) is 30.3 Å². The van der Waals surface area contributed by atoms with Gasteiger partial charge in [0.15, 0.2) is 11.5 Å². The summed E-state index contributed by atoms with van der Waals surface area (Å²) in [5.41, 5.74) is 2.98. The summed E-state index contributed by atoms with van der Waals surface area (Å²) in [5, 5.41) is 3.99. The van der Waals surface area contributed by atoms with E-state index in [0.29, 0.717) is 23.3 Å². The van der Waals surface area contributed by atoms with Crippen molar-refractivity contribution in [3.05, 3.63) is 48.5 Å². The van der Waals surface area contributed by atoms with Crippen molar-refractivity contribution in [1.29, 1.82) is 0 Å². The molecule has 0 aliphatic rings. The summed E-state index contributed by atoms with van der Waals surface area (Å²) in [6, 6.07) is 11.1. The minimum atomic E-state index is 0.391. The number of aromatic nitrogens is 4. The van der Waals surface area contributed by atoms with Crippen LogP contribution in [0.25, 0.3) is 34.1 Å². The number of rotatable bonds is 2. The van der Waals surface area contributed by atoms with Crippen LogP contribution in [0.4, 0.5) is 0 Å². The molecule has 0 bridgehead atoms. The summed E-state index contributed by atoms with van der Waals surface area (Å²) < 4.78 is 10.7. The van der Waals surface area contributed by atoms with Crippen molar-refractivity contribution in [2.75, 3.05) is 0 Å². The van der Waals surface area contributed by atoms with Gasteiger partial charge in [0.05, 0.1) is 0 Å². The van der Waals surface area contributed by atoms with Gasteiger partial charge in [-0.1, -0.05) is 11.2 Å². The summed E-state index contributed by atoms with van der Waals surface area (Å²) in [6.45, 7) is 1.81. The Morgan fingerprint density at radius 3 is 2.86 bits per heavy atom. The zero-order chi connectivity index (χ0) is 14.2. The molecule has 0 radical (unpaired) electrons. The highest BCUT2D eigenvalue weighted by atomic mass is 16.5. The number of pyridine rings is 1. The fraction of sp³-hybridized carbons (Fsp3) is 0.0667. The molecule has 3 heterocycles. The van der Waals surface area contributed by atoms with E-state index in [2.05, 4.69) is 20.1 Å². The molecule has 0 amide bonds. The SMILES string of the molecule is Cc1nc2cc(-c3noc(-c4ccccn4)n3)ccc2o1. The zero-order valence-corrected chi connectivity index (χ0v) is 11.1. The van der Waals surface area contributed by atoms with Gasteiger partial charge >= 0.3 is 0 Å². The van der Waals surface area contributed by atoms with Crippen molar-refractivity contribution in [3.63, 3.8) is 0 Å². The molecule has 0 N–H and O–H groups in total. The third kappa shape index (κ3) is 2.06. The first kappa shape index (κ1) is 11.8. The lowest BCUT2D eigenvalue weighted by Gasteiger charge is -1.93. The predicted molar refractivity (Wildman–Crippen MR) is 75.3 cm³/mol. The maximum absolute atomic E-state index is 5.45. The van der Waals surface area contributed by atoms with Gasteiger partial charge in [-0.3, -0.25) is 4.98 Å². The van der Waals surface area contributed by atoms with Gasteiger partial charge in [-0.25, -0.2) is 4.98 Å². The molecule has 1 aromatic carbocycles. The quantitative estimate of drug-likeness (QED) is 0.560. The molecule has 4 aromatic rings. The molecule has 0 atom stereocenters. The van der Waals surface area contributed by atoms with E-state index < -0.39 is 0 Å². The highest BCUT2D eigenvalue weighted by Gasteiger charge is 2.12. The number of benzene rings is 1. The van der Waals surface area contributed by atoms with Gasteiger partial charge in [0.25, 0.3) is 5.89 Å². The number of hydrogen-bond acceptors (Lipinski definition) is 6. The molecule has 3 aromatic heterocycles. The number of oxazole rings is 1. The lowest BCUT2D eigenvalue weighted by molar-refractivity contribution is 0.431. The minimum absolute atomic E-state index is 0.391. The highest BCUT2D eigenvalue weighted by molar-refractivity contribution is 5.78. The molecule has 0 saturated carbocycles. The van der Waals surface area contributed by atoms with E-state index in [1.54, 1.807) is 6.20 Å². The lowest BCUT2D eigenvalue weighted by atomic mass is 10.2. The Kier molecular flexibility index (Phi) is 2.53. The van der Waals surface area contributed by atoms with Crippen LogP contribution < -0.4 is 0 Å². The number of nitrogens with zero attached hydrogens (tertiary/aromatic N) is 4. The number of aryl methyl sites for hydroxylation is 1. The molecule has 0 unspecified atom stereocenters. The lowest BCUT2D eigenvalue weighted by Crippen LogP contribution is -1.83. The fourth-order valence-corrected chi connectivity index (χ4v) is 2.12. The summed E-state index contributed by atoms with van der Waals surface area (Å²) >= 11 is 0. The average molecular weight is 278 g/mol. The van der Waals surface area contributed by atoms with E-state index >= 15 is 0 Å². The van der Waals surface area contributed by atoms with Crippen LogP contribution in [0.5, 0.6) is 0 Å². The van der Waals surface area contributed by atoms with Crippen molar-refractivity contribution in [1.82, 2.24) is 20.1 Å². The first-order chi connectivity index (χ1) is 10.3. The maximum Gasteiger partial charge on any atom is 0.276 e. The predicted octanol–water partition coefficient (Wildman–Crippen LogP) is 3.25. The van der Waals surface area contributed by atoms with E-state index in [9.17, 15) is 0 Å². The van der Waals surface area contributed by atoms with Gasteiger partial charge < -0.3 is 8.94 Å². The molecular formula is C15H10N4O2. The van der Waals surface area contributed by atoms with E-state index in [0.717, 1.165) is 16.7 Å². The molecule has 6 heteroatoms. The third-order valence-electron chi connectivity index (χ3n) is 3.06. The first-order valence-corrected chi connectivity index (χ1v) is 6.42. The van der Waals surface area contributed by atoms with E-state index in [1.807, 2.05) is 43.3 Å². The first-order valence-electron chi connectivity index (χ1n) is 6.42. The van der Waals surface area contributed by atoms with Crippen LogP contribution in [0.3, 0.4) is 0 Å². The van der Waals surface area contributed by atoms with Crippen molar-refractivity contribution in [2.24, 2.45) is 0 Å². The Morgan fingerprint density at radius 2 is 2.00 bits per heavy atom. The van der Waals surface area contributed by atoms with Crippen molar-refractivity contribution in [3.8, 4) is 23.0 Å². The summed E-state index contributed by atoms with van der Waals surface area (Å²) in [6.07, 6.45) is 1.68. The Balaban J connectivity index is 1.77. The second kappa shape index (κ2) is 4.52. The normalized spacial score (nSPS) is 11.1. The molecule has 0 fully saturated rings. The molecular weight excluding hydrogens is 268 g/mol. The Labute approximate surface area is 119 Å². The van der Waals surface area contributed by atoms with Crippen molar-refractivity contribution in [2.45, 2.75) is 6.92 Å². The van der Waals surface area contributed by atoms with Crippen molar-refractivity contribution < 1.29 is 8.94 Å². The monoisotopic (exact) mass is 278 g/mol. The van der Waals surface area contributed by atoms with E-state index in [4.69, 9.17) is 8.94 Å². The van der Waals surface area contributed by atoms with Crippen molar-refractivity contribution >= 4 is 11.1 Å². The molecule has 4 rings (SSSR count). The van der Waals surface area contributed by atoms with Crippen LogP contribution >= 0.6 is 0 Å². The summed E-state index contributed by atoms with van der Waals surface area (Å²) in [7, 11) is 0. The topological polar surface area (TPSA) is 77.8 Å². The zero-order valence-electron chi connectivity index (χ0n) is 11.1. The van der Waals surface area contributed by atoms with Crippen LogP contribution in [0, 0.1) is 6.92 Å². The van der Waals surface area contributed by atoms with Gasteiger partial charge in [0, 0.05) is 18.7 Å². The summed E-state index contributed by atoms with van der Waals surface area (Å²) in [5.74, 6) is 1.52. The van der Waals surface area contributed by atoms with E-state index in [-0.39, 0.29) is 0 Å². The van der Waals surface area contributed by atoms with Gasteiger partial charge in [0.2, 0.25) is 5.82 Å². The molecule has 102 valence electrons. The molecule has 21 heavy (non-hydrogen) atoms. The molecule has 0 saturated heterocycles. The Hall–Kier alpha value is -3.02. The van der Waals surface area contributed by atoms with Gasteiger partial charge in [0.1, 0.15) is 11.2 Å². The van der Waals surface area contributed by atoms with Crippen LogP contribution in [-0.4, -0.2) is 20.1 Å². The van der Waals surface area contributed by atoms with E-state index in [1.165, 1.54) is 0 Å². The molecule has 6 nitrogen and oxygen atoms in total. The van der Waals surface area contributed by atoms with Gasteiger partial charge in [-0.15, -0.1) is 0 Å². The number of hydrogen-bond donors (Lipinski definition) is 0. The maximum atomic E-state index is 5.45. The minimum Gasteiger partial charge on any atom is -0.441 e. The summed E-state index contributed by atoms with van der Waals surface area (Å²) in [4.78, 5) is 12.9. The number of fused-ring (bicyclic) bond motifs is 1. The fourth-order valence-electron chi connectivity index (χ4n) is 2.12. The average Bonchev–Trinajstić information content (AvgIpc) is 3.12. The standard InChI is InChI=1S/C15H10N4O2/c1-9-17-12-8-10(5-6-13(12)20-9)14-18-15(21-19-14)11-4-2-3-7-16-11/h2-8H,1H3. The molecule has 0 aliphatic carbocycles. The smallest absolute Gasteiger partial charge is 0.276 e. The molecule has 0 aliphatic heterocycles. The van der Waals surface area contributed by atoms with Crippen LogP contribution in [0.15, 0.2) is 51.5 Å². The Morgan fingerprint density at radius 1 is 1.05 bits per heavy atom. The second-order valence-electron chi connectivity index (χ2n) is 4.55. The molecule has 0 spiro atoms. The highest BCUT2D eigenvalue weighted by Crippen LogP contribution is 2.24. The van der Waals surface area contributed by atoms with Crippen LogP contribution in [0.2, 0.25) is 0 Å². The largest absolute Gasteiger partial charge is 0.441 e.